The van der Waals surface area contributed by atoms with Crippen molar-refractivity contribution >= 4 is 49.2 Å². The van der Waals surface area contributed by atoms with Crippen molar-refractivity contribution in [2.45, 2.75) is 0 Å². The number of fused-ring (bicyclic) bond motifs is 1. The predicted molar refractivity (Wildman–Crippen MR) is 78.9 cm³/mol. The van der Waals surface area contributed by atoms with E-state index in [1.54, 1.807) is 0 Å². The predicted octanol–water partition coefficient (Wildman–Crippen LogP) is 2.36. The van der Waals surface area contributed by atoms with Gasteiger partial charge in [0, 0.05) is 24.1 Å². The molecule has 3 rings (SSSR count). The van der Waals surface area contributed by atoms with Gasteiger partial charge in [-0.05, 0) is 37.9 Å². The minimum absolute atomic E-state index is 0.417. The lowest BCUT2D eigenvalue weighted by Gasteiger charge is -2.26. The summed E-state index contributed by atoms with van der Waals surface area (Å²) in [6.07, 6.45) is 0. The van der Waals surface area contributed by atoms with Crippen molar-refractivity contribution in [1.82, 2.24) is 5.32 Å². The molecule has 2 heterocycles. The van der Waals surface area contributed by atoms with Gasteiger partial charge in [0.05, 0.1) is 15.8 Å². The number of halogens is 2. The zero-order valence-corrected chi connectivity index (χ0v) is 12.7. The largest absolute Gasteiger partial charge is 0.488 e. The van der Waals surface area contributed by atoms with E-state index in [1.807, 2.05) is 11.0 Å². The number of rotatable bonds is 1. The molecule has 1 saturated heterocycles. The monoisotopic (exact) mass is 374 g/mol. The number of anilines is 2. The first-order valence-electron chi connectivity index (χ1n) is 5.67. The van der Waals surface area contributed by atoms with E-state index in [0.717, 1.165) is 45.7 Å². The van der Waals surface area contributed by atoms with E-state index < -0.39 is 0 Å². The van der Waals surface area contributed by atoms with E-state index in [0.29, 0.717) is 12.6 Å². The van der Waals surface area contributed by atoms with Gasteiger partial charge in [0.1, 0.15) is 6.61 Å². The van der Waals surface area contributed by atoms with Crippen molar-refractivity contribution in [1.29, 1.82) is 5.41 Å². The van der Waals surface area contributed by atoms with Crippen molar-refractivity contribution in [2.75, 3.05) is 36.5 Å². The van der Waals surface area contributed by atoms with Gasteiger partial charge in [0.2, 0.25) is 0 Å². The minimum atomic E-state index is 0.417. The Balaban J connectivity index is 2.11. The fourth-order valence-electron chi connectivity index (χ4n) is 2.17. The topological polar surface area (TPSA) is 60.4 Å². The molecular formula is C11H12Br2N4O. The lowest BCUT2D eigenvalue weighted by molar-refractivity contribution is 0.321. The quantitative estimate of drug-likeness (QED) is 0.705. The van der Waals surface area contributed by atoms with Crippen molar-refractivity contribution in [3.8, 4) is 5.75 Å². The summed E-state index contributed by atoms with van der Waals surface area (Å²) in [6.45, 7) is 3.03. The van der Waals surface area contributed by atoms with Crippen molar-refractivity contribution < 1.29 is 4.74 Å². The Kier molecular flexibility index (Phi) is 3.11. The van der Waals surface area contributed by atoms with Crippen molar-refractivity contribution in [3.05, 3.63) is 15.0 Å². The average molecular weight is 376 g/mol. The van der Waals surface area contributed by atoms with Crippen LogP contribution in [0.15, 0.2) is 15.0 Å². The van der Waals surface area contributed by atoms with Crippen molar-refractivity contribution in [2.24, 2.45) is 0 Å². The second kappa shape index (κ2) is 4.62. The summed E-state index contributed by atoms with van der Waals surface area (Å²) in [6, 6.07) is 2.00. The average Bonchev–Trinajstić information content (AvgIpc) is 2.76. The van der Waals surface area contributed by atoms with Gasteiger partial charge < -0.3 is 20.3 Å². The van der Waals surface area contributed by atoms with E-state index in [4.69, 9.17) is 10.1 Å². The highest BCUT2D eigenvalue weighted by Crippen LogP contribution is 2.46. The van der Waals surface area contributed by atoms with Crippen molar-refractivity contribution in [3.63, 3.8) is 0 Å². The van der Waals surface area contributed by atoms with Crippen LogP contribution >= 0.6 is 31.9 Å². The first kappa shape index (κ1) is 12.1. The molecule has 0 bridgehead atoms. The van der Waals surface area contributed by atoms with Crippen LogP contribution in [0.2, 0.25) is 0 Å². The summed E-state index contributed by atoms with van der Waals surface area (Å²) in [7, 11) is 0. The Morgan fingerprint density at radius 2 is 2.11 bits per heavy atom. The van der Waals surface area contributed by atoms with Crippen LogP contribution in [0.3, 0.4) is 0 Å². The second-order valence-corrected chi connectivity index (χ2v) is 5.75. The molecule has 1 fully saturated rings. The fraction of sp³-hybridized carbons (Fsp3) is 0.364. The maximum absolute atomic E-state index is 7.89. The molecule has 0 aromatic heterocycles. The maximum Gasteiger partial charge on any atom is 0.195 e. The van der Waals surface area contributed by atoms with Gasteiger partial charge in [-0.25, -0.2) is 0 Å². The third-order valence-electron chi connectivity index (χ3n) is 2.98. The molecule has 96 valence electrons. The lowest BCUT2D eigenvalue weighted by Crippen LogP contribution is -2.29. The molecule has 0 aliphatic carbocycles. The Morgan fingerprint density at radius 1 is 1.28 bits per heavy atom. The molecule has 0 atom stereocenters. The molecule has 1 aromatic carbocycles. The highest BCUT2D eigenvalue weighted by atomic mass is 79.9. The van der Waals surface area contributed by atoms with Crippen LogP contribution in [-0.2, 0) is 0 Å². The van der Waals surface area contributed by atoms with Gasteiger partial charge in [-0.2, -0.15) is 0 Å². The molecule has 0 spiro atoms. The molecule has 2 aliphatic rings. The van der Waals surface area contributed by atoms with E-state index in [9.17, 15) is 0 Å². The summed E-state index contributed by atoms with van der Waals surface area (Å²) in [5.41, 5.74) is 1.91. The second-order valence-electron chi connectivity index (χ2n) is 4.10. The summed E-state index contributed by atoms with van der Waals surface area (Å²) in [5.74, 6) is 1.24. The Bertz CT molecular complexity index is 520. The fourth-order valence-corrected chi connectivity index (χ4v) is 3.83. The Labute approximate surface area is 122 Å². The summed E-state index contributed by atoms with van der Waals surface area (Å²) < 4.78 is 7.52. The molecule has 7 heteroatoms. The van der Waals surface area contributed by atoms with E-state index in [-0.39, 0.29) is 0 Å². The first-order chi connectivity index (χ1) is 8.68. The molecule has 1 aromatic rings. The summed E-state index contributed by atoms with van der Waals surface area (Å²) >= 11 is 7.17. The highest BCUT2D eigenvalue weighted by molar-refractivity contribution is 9.11. The van der Waals surface area contributed by atoms with Crippen LogP contribution in [0.4, 0.5) is 11.4 Å². The van der Waals surface area contributed by atoms with E-state index in [1.165, 1.54) is 0 Å². The number of guanidine groups is 1. The normalized spacial score (nSPS) is 17.9. The molecule has 5 nitrogen and oxygen atoms in total. The number of hydrogen-bond acceptors (Lipinski definition) is 3. The standard InChI is InChI=1S/C11H12Br2N4O/c12-6-5-7-10(18-4-2-15-7)8(13)9(6)17-3-1-16-11(17)14/h5,15H,1-4H2,(H2,14,16). The van der Waals surface area contributed by atoms with Gasteiger partial charge in [-0.3, -0.25) is 5.41 Å². The third kappa shape index (κ3) is 1.85. The minimum Gasteiger partial charge on any atom is -0.488 e. The van der Waals surface area contributed by atoms with Crippen LogP contribution in [-0.4, -0.2) is 32.2 Å². The maximum atomic E-state index is 7.89. The lowest BCUT2D eigenvalue weighted by atomic mass is 10.2. The molecule has 18 heavy (non-hydrogen) atoms. The number of ether oxygens (including phenoxy) is 1. The third-order valence-corrected chi connectivity index (χ3v) is 4.32. The van der Waals surface area contributed by atoms with Gasteiger partial charge >= 0.3 is 0 Å². The molecule has 3 N–H and O–H groups in total. The van der Waals surface area contributed by atoms with Crippen LogP contribution in [0.1, 0.15) is 0 Å². The van der Waals surface area contributed by atoms with Crippen LogP contribution < -0.4 is 20.3 Å². The van der Waals surface area contributed by atoms with Crippen LogP contribution in [0.25, 0.3) is 0 Å². The molecule has 2 aliphatic heterocycles. The smallest absolute Gasteiger partial charge is 0.195 e. The summed E-state index contributed by atoms with van der Waals surface area (Å²) in [4.78, 5) is 1.92. The zero-order valence-electron chi connectivity index (χ0n) is 9.52. The van der Waals surface area contributed by atoms with Crippen LogP contribution in [0, 0.1) is 5.41 Å². The molecule has 0 amide bonds. The van der Waals surface area contributed by atoms with E-state index in [2.05, 4.69) is 42.5 Å². The highest BCUT2D eigenvalue weighted by Gasteiger charge is 2.27. The molecular weight excluding hydrogens is 364 g/mol. The Hall–Kier alpha value is -0.950. The van der Waals surface area contributed by atoms with Gasteiger partial charge in [-0.15, -0.1) is 0 Å². The SMILES string of the molecule is N=C1NCCN1c1c(Br)cc2c(c1Br)OCCN2. The summed E-state index contributed by atoms with van der Waals surface area (Å²) in [5, 5.41) is 14.2. The number of benzene rings is 1. The van der Waals surface area contributed by atoms with Gasteiger partial charge in [0.15, 0.2) is 11.7 Å². The Morgan fingerprint density at radius 3 is 2.83 bits per heavy atom. The molecule has 0 radical (unpaired) electrons. The number of nitrogens with one attached hydrogen (secondary N) is 3. The first-order valence-corrected chi connectivity index (χ1v) is 7.25. The van der Waals surface area contributed by atoms with Crippen LogP contribution in [0.5, 0.6) is 5.75 Å². The van der Waals surface area contributed by atoms with Gasteiger partial charge in [0.25, 0.3) is 0 Å². The molecule has 0 saturated carbocycles. The van der Waals surface area contributed by atoms with E-state index >= 15 is 0 Å². The zero-order chi connectivity index (χ0) is 12.7. The number of hydrogen-bond donors (Lipinski definition) is 3. The number of nitrogens with zero attached hydrogens (tertiary/aromatic N) is 1. The molecule has 0 unspecified atom stereocenters. The van der Waals surface area contributed by atoms with Gasteiger partial charge in [-0.1, -0.05) is 0 Å².